The van der Waals surface area contributed by atoms with Crippen LogP contribution in [0.2, 0.25) is 0 Å². The fourth-order valence-corrected chi connectivity index (χ4v) is 1.38. The number of benzene rings is 1. The van der Waals surface area contributed by atoms with Crippen LogP contribution in [0.15, 0.2) is 12.1 Å². The van der Waals surface area contributed by atoms with Crippen molar-refractivity contribution in [3.05, 3.63) is 29.3 Å². The first-order chi connectivity index (χ1) is 8.19. The first-order valence-electron chi connectivity index (χ1n) is 5.44. The minimum absolute atomic E-state index is 0.152. The second kappa shape index (κ2) is 6.87. The quantitative estimate of drug-likeness (QED) is 0.608. The van der Waals surface area contributed by atoms with Crippen LogP contribution in [-0.2, 0) is 6.54 Å². The smallest absolute Gasteiger partial charge is 0.192 e. The molecule has 0 atom stereocenters. The summed E-state index contributed by atoms with van der Waals surface area (Å²) in [5, 5.41) is 3.06. The normalized spacial score (nSPS) is 10.0. The fourth-order valence-electron chi connectivity index (χ4n) is 1.38. The number of hydrogen-bond acceptors (Lipinski definition) is 2. The van der Waals surface area contributed by atoms with Crippen LogP contribution in [-0.4, -0.2) is 13.2 Å². The Labute approximate surface area is 100.0 Å². The molecule has 1 N–H and O–H groups in total. The number of ether oxygens (including phenoxy) is 1. The van der Waals surface area contributed by atoms with E-state index in [2.05, 4.69) is 11.2 Å². The number of terminal acetylenes is 1. The van der Waals surface area contributed by atoms with Crippen LogP contribution in [0.1, 0.15) is 18.9 Å². The average molecular weight is 239 g/mol. The number of halogens is 2. The Kier molecular flexibility index (Phi) is 5.44. The van der Waals surface area contributed by atoms with Gasteiger partial charge in [0.15, 0.2) is 17.4 Å². The van der Waals surface area contributed by atoms with E-state index in [-0.39, 0.29) is 6.61 Å². The molecule has 0 aliphatic heterocycles. The standard InChI is InChI=1S/C13H15F2NO/c1-3-5-16-9-10-7-11(14)13(12(15)8-10)17-6-4-2/h2,7-8,16H,3,5-6,9H2,1H3. The van der Waals surface area contributed by atoms with E-state index in [1.807, 2.05) is 6.92 Å². The molecule has 0 saturated carbocycles. The van der Waals surface area contributed by atoms with E-state index < -0.39 is 17.4 Å². The van der Waals surface area contributed by atoms with Crippen molar-refractivity contribution in [2.45, 2.75) is 19.9 Å². The molecule has 0 aliphatic carbocycles. The van der Waals surface area contributed by atoms with Gasteiger partial charge >= 0.3 is 0 Å². The summed E-state index contributed by atoms with van der Waals surface area (Å²) in [6.45, 7) is 3.10. The van der Waals surface area contributed by atoms with Crippen molar-refractivity contribution >= 4 is 0 Å². The summed E-state index contributed by atoms with van der Waals surface area (Å²) in [5.41, 5.74) is 0.543. The molecule has 0 bridgehead atoms. The summed E-state index contributed by atoms with van der Waals surface area (Å²) in [6, 6.07) is 2.50. The summed E-state index contributed by atoms with van der Waals surface area (Å²) < 4.78 is 31.8. The molecular weight excluding hydrogens is 224 g/mol. The van der Waals surface area contributed by atoms with Crippen LogP contribution < -0.4 is 10.1 Å². The molecule has 17 heavy (non-hydrogen) atoms. The molecular formula is C13H15F2NO. The molecule has 0 aromatic heterocycles. The minimum Gasteiger partial charge on any atom is -0.475 e. The molecule has 1 aromatic rings. The van der Waals surface area contributed by atoms with Crippen molar-refractivity contribution in [1.29, 1.82) is 0 Å². The molecule has 2 nitrogen and oxygen atoms in total. The Balaban J connectivity index is 2.75. The van der Waals surface area contributed by atoms with Crippen LogP contribution in [0.5, 0.6) is 5.75 Å². The second-order valence-corrected chi connectivity index (χ2v) is 3.56. The Morgan fingerprint density at radius 3 is 2.53 bits per heavy atom. The van der Waals surface area contributed by atoms with Gasteiger partial charge in [-0.05, 0) is 30.7 Å². The van der Waals surface area contributed by atoms with Gasteiger partial charge in [0.1, 0.15) is 6.61 Å². The van der Waals surface area contributed by atoms with Crippen molar-refractivity contribution in [3.63, 3.8) is 0 Å². The third-order valence-electron chi connectivity index (χ3n) is 2.11. The van der Waals surface area contributed by atoms with Gasteiger partial charge in [0.2, 0.25) is 0 Å². The van der Waals surface area contributed by atoms with E-state index in [0.717, 1.165) is 13.0 Å². The fraction of sp³-hybridized carbons (Fsp3) is 0.385. The zero-order valence-electron chi connectivity index (χ0n) is 9.72. The summed E-state index contributed by atoms with van der Waals surface area (Å²) in [6.07, 6.45) is 5.92. The Morgan fingerprint density at radius 2 is 2.00 bits per heavy atom. The van der Waals surface area contributed by atoms with Crippen LogP contribution in [0.3, 0.4) is 0 Å². The number of rotatable bonds is 6. The molecule has 0 fully saturated rings. The molecule has 0 radical (unpaired) electrons. The van der Waals surface area contributed by atoms with Gasteiger partial charge in [0.05, 0.1) is 0 Å². The topological polar surface area (TPSA) is 21.3 Å². The van der Waals surface area contributed by atoms with E-state index in [0.29, 0.717) is 12.1 Å². The zero-order chi connectivity index (χ0) is 12.7. The van der Waals surface area contributed by atoms with Crippen LogP contribution in [0, 0.1) is 24.0 Å². The lowest BCUT2D eigenvalue weighted by atomic mass is 10.2. The molecule has 0 unspecified atom stereocenters. The highest BCUT2D eigenvalue weighted by atomic mass is 19.1. The van der Waals surface area contributed by atoms with Crippen LogP contribution in [0.4, 0.5) is 8.78 Å². The van der Waals surface area contributed by atoms with Crippen LogP contribution >= 0.6 is 0 Å². The van der Waals surface area contributed by atoms with Gasteiger partial charge in [-0.15, -0.1) is 6.42 Å². The summed E-state index contributed by atoms with van der Waals surface area (Å²) in [4.78, 5) is 0. The monoisotopic (exact) mass is 239 g/mol. The first-order valence-corrected chi connectivity index (χ1v) is 5.44. The van der Waals surface area contributed by atoms with Gasteiger partial charge in [0.25, 0.3) is 0 Å². The van der Waals surface area contributed by atoms with E-state index in [4.69, 9.17) is 11.2 Å². The highest BCUT2D eigenvalue weighted by molar-refractivity contribution is 5.31. The lowest BCUT2D eigenvalue weighted by molar-refractivity contribution is 0.326. The van der Waals surface area contributed by atoms with Gasteiger partial charge < -0.3 is 10.1 Å². The Hall–Kier alpha value is -1.60. The summed E-state index contributed by atoms with van der Waals surface area (Å²) in [5.74, 6) is 0.288. The van der Waals surface area contributed by atoms with E-state index in [9.17, 15) is 8.78 Å². The molecule has 0 amide bonds. The predicted molar refractivity (Wildman–Crippen MR) is 62.7 cm³/mol. The summed E-state index contributed by atoms with van der Waals surface area (Å²) in [7, 11) is 0. The molecule has 1 aromatic carbocycles. The molecule has 92 valence electrons. The summed E-state index contributed by atoms with van der Waals surface area (Å²) >= 11 is 0. The van der Waals surface area contributed by atoms with Crippen molar-refractivity contribution < 1.29 is 13.5 Å². The maximum atomic E-state index is 13.5. The minimum atomic E-state index is -0.728. The molecule has 1 rings (SSSR count). The van der Waals surface area contributed by atoms with E-state index in [1.165, 1.54) is 12.1 Å². The second-order valence-electron chi connectivity index (χ2n) is 3.56. The molecule has 0 saturated heterocycles. The van der Waals surface area contributed by atoms with Gasteiger partial charge in [-0.2, -0.15) is 0 Å². The van der Waals surface area contributed by atoms with Crippen molar-refractivity contribution in [1.82, 2.24) is 5.32 Å². The molecule has 4 heteroatoms. The highest BCUT2D eigenvalue weighted by Crippen LogP contribution is 2.23. The third kappa shape index (κ3) is 4.04. The van der Waals surface area contributed by atoms with E-state index >= 15 is 0 Å². The van der Waals surface area contributed by atoms with Gasteiger partial charge in [0, 0.05) is 6.54 Å². The molecule has 0 aliphatic rings. The maximum absolute atomic E-state index is 13.5. The van der Waals surface area contributed by atoms with Crippen molar-refractivity contribution in [2.24, 2.45) is 0 Å². The van der Waals surface area contributed by atoms with E-state index in [1.54, 1.807) is 0 Å². The van der Waals surface area contributed by atoms with Crippen LogP contribution in [0.25, 0.3) is 0 Å². The molecule has 0 heterocycles. The number of nitrogens with one attached hydrogen (secondary N) is 1. The lowest BCUT2D eigenvalue weighted by Crippen LogP contribution is -2.14. The maximum Gasteiger partial charge on any atom is 0.192 e. The first kappa shape index (κ1) is 13.5. The number of hydrogen-bond donors (Lipinski definition) is 1. The predicted octanol–water partition coefficient (Wildman–Crippen LogP) is 2.48. The third-order valence-corrected chi connectivity index (χ3v) is 2.11. The van der Waals surface area contributed by atoms with Gasteiger partial charge in [-0.1, -0.05) is 12.8 Å². The van der Waals surface area contributed by atoms with Gasteiger partial charge in [-0.25, -0.2) is 8.78 Å². The highest BCUT2D eigenvalue weighted by Gasteiger charge is 2.12. The van der Waals surface area contributed by atoms with Crippen molar-refractivity contribution in [3.8, 4) is 18.1 Å². The Morgan fingerprint density at radius 1 is 1.35 bits per heavy atom. The largest absolute Gasteiger partial charge is 0.475 e. The average Bonchev–Trinajstić information content (AvgIpc) is 2.28. The molecule has 0 spiro atoms. The SMILES string of the molecule is C#CCOc1c(F)cc(CNCCC)cc1F. The zero-order valence-corrected chi connectivity index (χ0v) is 9.72. The lowest BCUT2D eigenvalue weighted by Gasteiger charge is -2.08. The Bertz CT molecular complexity index is 389. The van der Waals surface area contributed by atoms with Gasteiger partial charge in [-0.3, -0.25) is 0 Å². The van der Waals surface area contributed by atoms with Crippen molar-refractivity contribution in [2.75, 3.05) is 13.2 Å².